The first-order valence-electron chi connectivity index (χ1n) is 8.54. The van der Waals surface area contributed by atoms with Gasteiger partial charge in [0.15, 0.2) is 11.0 Å². The molecule has 0 spiro atoms. The minimum absolute atomic E-state index is 0.126. The zero-order valence-corrected chi connectivity index (χ0v) is 16.3. The molecule has 2 aromatic heterocycles. The van der Waals surface area contributed by atoms with Crippen molar-refractivity contribution in [2.75, 3.05) is 18.2 Å². The first-order chi connectivity index (χ1) is 13.1. The average Bonchev–Trinajstić information content (AvgIpc) is 3.11. The Morgan fingerprint density at radius 1 is 1.22 bits per heavy atom. The van der Waals surface area contributed by atoms with Crippen molar-refractivity contribution in [2.24, 2.45) is 0 Å². The number of ether oxygens (including phenoxy) is 1. The number of amides is 1. The molecule has 7 nitrogen and oxygen atoms in total. The van der Waals surface area contributed by atoms with Crippen LogP contribution in [0.15, 0.2) is 47.8 Å². The van der Waals surface area contributed by atoms with Crippen LogP contribution in [0, 0.1) is 6.92 Å². The van der Waals surface area contributed by atoms with Gasteiger partial charge < -0.3 is 14.6 Å². The Hall–Kier alpha value is -2.87. The molecule has 0 aliphatic carbocycles. The Balaban J connectivity index is 1.69. The van der Waals surface area contributed by atoms with Gasteiger partial charge in [-0.1, -0.05) is 17.8 Å². The van der Waals surface area contributed by atoms with Crippen molar-refractivity contribution in [1.82, 2.24) is 19.7 Å². The molecule has 0 unspecified atom stereocenters. The van der Waals surface area contributed by atoms with Crippen molar-refractivity contribution < 1.29 is 9.53 Å². The van der Waals surface area contributed by atoms with Crippen molar-refractivity contribution in [3.05, 3.63) is 48.2 Å². The lowest BCUT2D eigenvalue weighted by Crippen LogP contribution is -2.16. The Bertz CT molecular complexity index is 924. The van der Waals surface area contributed by atoms with Crippen molar-refractivity contribution in [1.29, 1.82) is 0 Å². The SMILES string of the molecule is CCn1c(SCC(=O)Nc2ncccc2C)nnc1-c1ccc(OC)cc1. The molecule has 1 aromatic carbocycles. The fourth-order valence-electron chi connectivity index (χ4n) is 2.55. The number of nitrogens with zero attached hydrogens (tertiary/aromatic N) is 4. The predicted molar refractivity (Wildman–Crippen MR) is 106 cm³/mol. The molecule has 0 fully saturated rings. The molecule has 0 atom stereocenters. The van der Waals surface area contributed by atoms with Crippen LogP contribution < -0.4 is 10.1 Å². The van der Waals surface area contributed by atoms with E-state index in [1.807, 2.05) is 54.8 Å². The van der Waals surface area contributed by atoms with E-state index in [9.17, 15) is 4.79 Å². The lowest BCUT2D eigenvalue weighted by molar-refractivity contribution is -0.113. The molecule has 2 heterocycles. The Morgan fingerprint density at radius 2 is 2.00 bits per heavy atom. The molecule has 3 rings (SSSR count). The lowest BCUT2D eigenvalue weighted by Gasteiger charge is -2.09. The number of benzene rings is 1. The van der Waals surface area contributed by atoms with Crippen molar-refractivity contribution in [3.63, 3.8) is 0 Å². The number of anilines is 1. The summed E-state index contributed by atoms with van der Waals surface area (Å²) in [5, 5.41) is 12.1. The topological polar surface area (TPSA) is 81.9 Å². The van der Waals surface area contributed by atoms with E-state index in [0.29, 0.717) is 17.5 Å². The minimum atomic E-state index is -0.126. The van der Waals surface area contributed by atoms with Crippen LogP contribution in [0.1, 0.15) is 12.5 Å². The standard InChI is InChI=1S/C19H21N5O2S/c1-4-24-18(14-7-9-15(26-3)10-8-14)22-23-19(24)27-12-16(25)21-17-13(2)6-5-11-20-17/h5-11H,4,12H2,1-3H3,(H,20,21,25). The zero-order chi connectivity index (χ0) is 19.2. The normalized spacial score (nSPS) is 10.6. The van der Waals surface area contributed by atoms with Gasteiger partial charge in [0.1, 0.15) is 11.6 Å². The largest absolute Gasteiger partial charge is 0.497 e. The third kappa shape index (κ3) is 4.46. The molecule has 1 N–H and O–H groups in total. The highest BCUT2D eigenvalue weighted by atomic mass is 32.2. The van der Waals surface area contributed by atoms with Crippen LogP contribution in [0.5, 0.6) is 5.75 Å². The van der Waals surface area contributed by atoms with Crippen molar-refractivity contribution in [2.45, 2.75) is 25.5 Å². The van der Waals surface area contributed by atoms with Gasteiger partial charge in [0, 0.05) is 18.3 Å². The van der Waals surface area contributed by atoms with Crippen molar-refractivity contribution in [3.8, 4) is 17.1 Å². The molecule has 1 amide bonds. The van der Waals surface area contributed by atoms with Gasteiger partial charge in [0.05, 0.1) is 12.9 Å². The summed E-state index contributed by atoms with van der Waals surface area (Å²) in [5.41, 5.74) is 1.87. The van der Waals surface area contributed by atoms with Gasteiger partial charge in [-0.25, -0.2) is 4.98 Å². The number of nitrogens with one attached hydrogen (secondary N) is 1. The summed E-state index contributed by atoms with van der Waals surface area (Å²) in [7, 11) is 1.63. The Kier molecular flexibility index (Phi) is 6.08. The van der Waals surface area contributed by atoms with Gasteiger partial charge in [-0.05, 0) is 49.7 Å². The number of carbonyl (C=O) groups is 1. The maximum absolute atomic E-state index is 12.2. The molecule has 0 aliphatic heterocycles. The summed E-state index contributed by atoms with van der Waals surface area (Å²) in [6.45, 7) is 4.64. The number of pyridine rings is 1. The maximum atomic E-state index is 12.2. The van der Waals surface area contributed by atoms with Crippen LogP contribution in [0.4, 0.5) is 5.82 Å². The van der Waals surface area contributed by atoms with E-state index in [1.165, 1.54) is 11.8 Å². The summed E-state index contributed by atoms with van der Waals surface area (Å²) in [6, 6.07) is 11.4. The van der Waals surface area contributed by atoms with Gasteiger partial charge in [0.25, 0.3) is 0 Å². The second-order valence-corrected chi connectivity index (χ2v) is 6.73. The predicted octanol–water partition coefficient (Wildman–Crippen LogP) is 3.41. The first-order valence-corrected chi connectivity index (χ1v) is 9.52. The molecule has 8 heteroatoms. The average molecular weight is 383 g/mol. The zero-order valence-electron chi connectivity index (χ0n) is 15.5. The number of thioether (sulfide) groups is 1. The maximum Gasteiger partial charge on any atom is 0.236 e. The Labute approximate surface area is 162 Å². The lowest BCUT2D eigenvalue weighted by atomic mass is 10.2. The monoisotopic (exact) mass is 383 g/mol. The van der Waals surface area contributed by atoms with Gasteiger partial charge in [-0.3, -0.25) is 4.79 Å². The summed E-state index contributed by atoms with van der Waals surface area (Å²) in [6.07, 6.45) is 1.66. The summed E-state index contributed by atoms with van der Waals surface area (Å²) in [4.78, 5) is 16.4. The number of aryl methyl sites for hydroxylation is 1. The smallest absolute Gasteiger partial charge is 0.236 e. The number of methoxy groups -OCH3 is 1. The van der Waals surface area contributed by atoms with E-state index in [-0.39, 0.29) is 11.7 Å². The molecule has 0 saturated heterocycles. The number of carbonyl (C=O) groups excluding carboxylic acids is 1. The van der Waals surface area contributed by atoms with Crippen LogP contribution in [0.2, 0.25) is 0 Å². The molecule has 140 valence electrons. The van der Waals surface area contributed by atoms with Crippen LogP contribution in [-0.4, -0.2) is 38.5 Å². The second kappa shape index (κ2) is 8.68. The van der Waals surface area contributed by atoms with Crippen molar-refractivity contribution >= 4 is 23.5 Å². The molecule has 0 bridgehead atoms. The fraction of sp³-hybridized carbons (Fsp3) is 0.263. The summed E-state index contributed by atoms with van der Waals surface area (Å²) >= 11 is 1.35. The van der Waals surface area contributed by atoms with Gasteiger partial charge in [-0.2, -0.15) is 0 Å². The molecular formula is C19H21N5O2S. The third-order valence-electron chi connectivity index (χ3n) is 3.98. The second-order valence-electron chi connectivity index (χ2n) is 5.78. The van der Waals surface area contributed by atoms with E-state index in [0.717, 1.165) is 22.7 Å². The number of hydrogen-bond acceptors (Lipinski definition) is 6. The molecule has 0 aliphatic rings. The first kappa shape index (κ1) is 18.9. The molecule has 0 saturated carbocycles. The number of hydrogen-bond donors (Lipinski definition) is 1. The third-order valence-corrected chi connectivity index (χ3v) is 4.95. The quantitative estimate of drug-likeness (QED) is 0.630. The number of aromatic nitrogens is 4. The van der Waals surface area contributed by atoms with Gasteiger partial charge >= 0.3 is 0 Å². The van der Waals surface area contributed by atoms with Gasteiger partial charge in [0.2, 0.25) is 5.91 Å². The van der Waals surface area contributed by atoms with Crippen LogP contribution >= 0.6 is 11.8 Å². The number of rotatable bonds is 7. The van der Waals surface area contributed by atoms with Crippen LogP contribution in [0.3, 0.4) is 0 Å². The molecule has 3 aromatic rings. The summed E-state index contributed by atoms with van der Waals surface area (Å²) in [5.74, 6) is 2.25. The summed E-state index contributed by atoms with van der Waals surface area (Å²) < 4.78 is 7.18. The molecule has 27 heavy (non-hydrogen) atoms. The Morgan fingerprint density at radius 3 is 2.67 bits per heavy atom. The van der Waals surface area contributed by atoms with E-state index in [1.54, 1.807) is 13.3 Å². The van der Waals surface area contributed by atoms with E-state index in [4.69, 9.17) is 4.74 Å². The van der Waals surface area contributed by atoms with Crippen LogP contribution in [-0.2, 0) is 11.3 Å². The fourth-order valence-corrected chi connectivity index (χ4v) is 3.35. The highest BCUT2D eigenvalue weighted by Crippen LogP contribution is 2.25. The molecular weight excluding hydrogens is 362 g/mol. The highest BCUT2D eigenvalue weighted by Gasteiger charge is 2.15. The highest BCUT2D eigenvalue weighted by molar-refractivity contribution is 7.99. The van der Waals surface area contributed by atoms with Crippen LogP contribution in [0.25, 0.3) is 11.4 Å². The van der Waals surface area contributed by atoms with Gasteiger partial charge in [-0.15, -0.1) is 10.2 Å². The van der Waals surface area contributed by atoms with E-state index >= 15 is 0 Å². The van der Waals surface area contributed by atoms with E-state index < -0.39 is 0 Å². The van der Waals surface area contributed by atoms with E-state index in [2.05, 4.69) is 20.5 Å². The minimum Gasteiger partial charge on any atom is -0.497 e. The molecule has 0 radical (unpaired) electrons.